The van der Waals surface area contributed by atoms with Crippen molar-refractivity contribution in [2.45, 2.75) is 6.54 Å². The molecule has 0 saturated heterocycles. The summed E-state index contributed by atoms with van der Waals surface area (Å²) in [6.07, 6.45) is 3.43. The topological polar surface area (TPSA) is 50.3 Å². The quantitative estimate of drug-likeness (QED) is 0.797. The van der Waals surface area contributed by atoms with E-state index < -0.39 is 0 Å². The third-order valence-corrected chi connectivity index (χ3v) is 3.02. The Morgan fingerprint density at radius 3 is 2.76 bits per heavy atom. The molecule has 0 saturated carbocycles. The maximum atomic E-state index is 5.85. The number of aromatic nitrogens is 2. The van der Waals surface area contributed by atoms with Gasteiger partial charge in [0.05, 0.1) is 0 Å². The van der Waals surface area contributed by atoms with E-state index in [2.05, 4.69) is 20.2 Å². The predicted molar refractivity (Wildman–Crippen MR) is 84.9 cm³/mol. The number of rotatable bonds is 7. The zero-order valence-corrected chi connectivity index (χ0v) is 13.0. The van der Waals surface area contributed by atoms with Crippen LogP contribution in [0.3, 0.4) is 0 Å². The van der Waals surface area contributed by atoms with Crippen LogP contribution in [-0.4, -0.2) is 42.1 Å². The van der Waals surface area contributed by atoms with Crippen LogP contribution in [0.5, 0.6) is 5.88 Å². The number of hydrogen-bond acceptors (Lipinski definition) is 5. The van der Waals surface area contributed by atoms with Gasteiger partial charge in [-0.2, -0.15) is 0 Å². The van der Waals surface area contributed by atoms with Crippen LogP contribution in [0.1, 0.15) is 5.56 Å². The van der Waals surface area contributed by atoms with Gasteiger partial charge in [0.25, 0.3) is 0 Å². The molecule has 0 aromatic carbocycles. The SMILES string of the molecule is CN(C)CCOc1cc(CNc2ccnc(Cl)c2)ccn1. The molecular formula is C15H19ClN4O. The molecule has 2 aromatic heterocycles. The highest BCUT2D eigenvalue weighted by molar-refractivity contribution is 6.29. The summed E-state index contributed by atoms with van der Waals surface area (Å²) in [4.78, 5) is 10.2. The van der Waals surface area contributed by atoms with Gasteiger partial charge >= 0.3 is 0 Å². The number of pyridine rings is 2. The number of nitrogens with one attached hydrogen (secondary N) is 1. The largest absolute Gasteiger partial charge is 0.476 e. The van der Waals surface area contributed by atoms with E-state index in [1.807, 2.05) is 32.3 Å². The van der Waals surface area contributed by atoms with E-state index in [1.165, 1.54) is 0 Å². The molecule has 6 heteroatoms. The fourth-order valence-corrected chi connectivity index (χ4v) is 1.86. The third kappa shape index (κ3) is 5.57. The highest BCUT2D eigenvalue weighted by atomic mass is 35.5. The zero-order valence-electron chi connectivity index (χ0n) is 12.2. The van der Waals surface area contributed by atoms with E-state index in [4.69, 9.17) is 16.3 Å². The van der Waals surface area contributed by atoms with Crippen LogP contribution in [0, 0.1) is 0 Å². The van der Waals surface area contributed by atoms with Gasteiger partial charge in [-0.05, 0) is 37.9 Å². The number of anilines is 1. The van der Waals surface area contributed by atoms with E-state index in [0.717, 1.165) is 17.8 Å². The number of halogens is 1. The number of ether oxygens (including phenoxy) is 1. The van der Waals surface area contributed by atoms with Gasteiger partial charge in [-0.3, -0.25) is 0 Å². The fourth-order valence-electron chi connectivity index (χ4n) is 1.69. The second-order valence-electron chi connectivity index (χ2n) is 4.87. The van der Waals surface area contributed by atoms with E-state index in [9.17, 15) is 0 Å². The lowest BCUT2D eigenvalue weighted by atomic mass is 10.2. The van der Waals surface area contributed by atoms with Crippen molar-refractivity contribution in [2.75, 3.05) is 32.6 Å². The van der Waals surface area contributed by atoms with E-state index >= 15 is 0 Å². The normalized spacial score (nSPS) is 10.7. The van der Waals surface area contributed by atoms with Crippen molar-refractivity contribution in [1.82, 2.24) is 14.9 Å². The summed E-state index contributed by atoms with van der Waals surface area (Å²) in [5.41, 5.74) is 2.03. The molecule has 0 bridgehead atoms. The first kappa shape index (κ1) is 15.5. The van der Waals surface area contributed by atoms with Crippen LogP contribution in [0.2, 0.25) is 5.15 Å². The first-order valence-corrected chi connectivity index (χ1v) is 7.09. The van der Waals surface area contributed by atoms with Crippen molar-refractivity contribution in [3.63, 3.8) is 0 Å². The molecule has 2 heterocycles. The zero-order chi connectivity index (χ0) is 15.1. The lowest BCUT2D eigenvalue weighted by Gasteiger charge is -2.11. The molecule has 0 amide bonds. The smallest absolute Gasteiger partial charge is 0.213 e. The molecule has 0 radical (unpaired) electrons. The second kappa shape index (κ2) is 7.81. The minimum atomic E-state index is 0.474. The molecule has 112 valence electrons. The van der Waals surface area contributed by atoms with E-state index in [-0.39, 0.29) is 0 Å². The van der Waals surface area contributed by atoms with Crippen molar-refractivity contribution in [1.29, 1.82) is 0 Å². The number of likely N-dealkylation sites (N-methyl/N-ethyl adjacent to an activating group) is 1. The van der Waals surface area contributed by atoms with Crippen LogP contribution in [0.15, 0.2) is 36.7 Å². The summed E-state index contributed by atoms with van der Waals surface area (Å²) >= 11 is 5.85. The van der Waals surface area contributed by atoms with Gasteiger partial charge < -0.3 is 15.0 Å². The van der Waals surface area contributed by atoms with E-state index in [0.29, 0.717) is 24.2 Å². The first-order chi connectivity index (χ1) is 10.1. The molecule has 0 unspecified atom stereocenters. The fraction of sp³-hybridized carbons (Fsp3) is 0.333. The molecular weight excluding hydrogens is 288 g/mol. The van der Waals surface area contributed by atoms with Gasteiger partial charge in [0.2, 0.25) is 5.88 Å². The molecule has 0 aliphatic rings. The van der Waals surface area contributed by atoms with Crippen LogP contribution in [0.4, 0.5) is 5.69 Å². The molecule has 5 nitrogen and oxygen atoms in total. The Labute approximate surface area is 129 Å². The highest BCUT2D eigenvalue weighted by Gasteiger charge is 2.00. The molecule has 21 heavy (non-hydrogen) atoms. The van der Waals surface area contributed by atoms with Crippen molar-refractivity contribution in [3.05, 3.63) is 47.4 Å². The second-order valence-corrected chi connectivity index (χ2v) is 5.26. The van der Waals surface area contributed by atoms with Gasteiger partial charge in [-0.15, -0.1) is 0 Å². The Bertz CT molecular complexity index is 577. The molecule has 0 aliphatic heterocycles. The monoisotopic (exact) mass is 306 g/mol. The Balaban J connectivity index is 1.88. The maximum Gasteiger partial charge on any atom is 0.213 e. The van der Waals surface area contributed by atoms with Crippen molar-refractivity contribution < 1.29 is 4.74 Å². The van der Waals surface area contributed by atoms with Gasteiger partial charge in [0.15, 0.2) is 0 Å². The highest BCUT2D eigenvalue weighted by Crippen LogP contribution is 2.15. The molecule has 0 spiro atoms. The Morgan fingerprint density at radius 2 is 2.00 bits per heavy atom. The van der Waals surface area contributed by atoms with Gasteiger partial charge in [0.1, 0.15) is 11.8 Å². The lowest BCUT2D eigenvalue weighted by Crippen LogP contribution is -2.19. The van der Waals surface area contributed by atoms with E-state index in [1.54, 1.807) is 18.5 Å². The number of nitrogens with zero attached hydrogens (tertiary/aromatic N) is 3. The molecule has 0 aliphatic carbocycles. The minimum absolute atomic E-state index is 0.474. The summed E-state index contributed by atoms with van der Waals surface area (Å²) < 4.78 is 5.62. The molecule has 2 rings (SSSR count). The Kier molecular flexibility index (Phi) is 5.78. The molecule has 0 fully saturated rings. The van der Waals surface area contributed by atoms with Crippen molar-refractivity contribution in [3.8, 4) is 5.88 Å². The molecule has 1 N–H and O–H groups in total. The van der Waals surface area contributed by atoms with Crippen LogP contribution in [0.25, 0.3) is 0 Å². The average molecular weight is 307 g/mol. The summed E-state index contributed by atoms with van der Waals surface area (Å²) in [6.45, 7) is 2.16. The van der Waals surface area contributed by atoms with Crippen LogP contribution >= 0.6 is 11.6 Å². The van der Waals surface area contributed by atoms with Crippen LogP contribution in [-0.2, 0) is 6.54 Å². The lowest BCUT2D eigenvalue weighted by molar-refractivity contribution is 0.253. The third-order valence-electron chi connectivity index (χ3n) is 2.81. The minimum Gasteiger partial charge on any atom is -0.476 e. The van der Waals surface area contributed by atoms with Gasteiger partial charge in [0, 0.05) is 37.2 Å². The standard InChI is InChI=1S/C15H19ClN4O/c1-20(2)7-8-21-15-9-12(3-5-18-15)11-19-13-4-6-17-14(16)10-13/h3-6,9-10H,7-8,11H2,1-2H3,(H,17,19). The van der Waals surface area contributed by atoms with Crippen molar-refractivity contribution >= 4 is 17.3 Å². The predicted octanol–water partition coefficient (Wildman–Crippen LogP) is 2.68. The summed E-state index contributed by atoms with van der Waals surface area (Å²) in [5.74, 6) is 0.643. The number of hydrogen-bond donors (Lipinski definition) is 1. The first-order valence-electron chi connectivity index (χ1n) is 6.71. The summed E-state index contributed by atoms with van der Waals surface area (Å²) in [6, 6.07) is 7.55. The molecule has 2 aromatic rings. The average Bonchev–Trinajstić information content (AvgIpc) is 2.45. The summed E-state index contributed by atoms with van der Waals surface area (Å²) in [7, 11) is 4.02. The van der Waals surface area contributed by atoms with Crippen molar-refractivity contribution in [2.24, 2.45) is 0 Å². The summed E-state index contributed by atoms with van der Waals surface area (Å²) in [5, 5.41) is 3.76. The Hall–Kier alpha value is -1.85. The maximum absolute atomic E-state index is 5.85. The Morgan fingerprint density at radius 1 is 1.19 bits per heavy atom. The van der Waals surface area contributed by atoms with Crippen LogP contribution < -0.4 is 10.1 Å². The van der Waals surface area contributed by atoms with Gasteiger partial charge in [-0.25, -0.2) is 9.97 Å². The molecule has 0 atom stereocenters. The van der Waals surface area contributed by atoms with Gasteiger partial charge in [-0.1, -0.05) is 11.6 Å².